The summed E-state index contributed by atoms with van der Waals surface area (Å²) in [5.41, 5.74) is 6.85. The minimum absolute atomic E-state index is 0.0291. The van der Waals surface area contributed by atoms with Crippen LogP contribution >= 0.6 is 0 Å². The van der Waals surface area contributed by atoms with Gasteiger partial charge in [-0.05, 0) is 73.5 Å². The molecule has 1 aliphatic rings. The molecule has 2 atom stereocenters. The van der Waals surface area contributed by atoms with Crippen LogP contribution in [0.3, 0.4) is 0 Å². The largest absolute Gasteiger partial charge is 0.355 e. The van der Waals surface area contributed by atoms with Gasteiger partial charge >= 0.3 is 0 Å². The Bertz CT molecular complexity index is 1720. The fourth-order valence-electron chi connectivity index (χ4n) is 6.27. The molecule has 1 saturated heterocycles. The van der Waals surface area contributed by atoms with Crippen LogP contribution in [0.2, 0.25) is 0 Å². The Morgan fingerprint density at radius 2 is 1.72 bits per heavy atom. The summed E-state index contributed by atoms with van der Waals surface area (Å²) in [6.07, 6.45) is 3.77. The van der Waals surface area contributed by atoms with E-state index in [1.807, 2.05) is 53.6 Å². The number of carbonyl (C=O) groups is 2. The third-order valence-corrected chi connectivity index (χ3v) is 8.43. The number of likely N-dealkylation sites (tertiary alicyclic amines) is 1. The Morgan fingerprint density at radius 1 is 0.977 bits per heavy atom. The van der Waals surface area contributed by atoms with E-state index in [0.717, 1.165) is 83.0 Å². The molecule has 1 fully saturated rings. The van der Waals surface area contributed by atoms with Gasteiger partial charge < -0.3 is 20.2 Å². The van der Waals surface area contributed by atoms with Gasteiger partial charge in [-0.2, -0.15) is 0 Å². The number of likely N-dealkylation sites (N-methyl/N-ethyl adjacent to an activating group) is 1. The zero-order chi connectivity index (χ0) is 29.9. The second-order valence-corrected chi connectivity index (χ2v) is 11.2. The number of hydrogen-bond acceptors (Lipinski definition) is 4. The lowest BCUT2D eigenvalue weighted by Crippen LogP contribution is -2.43. The van der Waals surface area contributed by atoms with E-state index >= 15 is 0 Å². The number of hydrogen-bond donors (Lipinski definition) is 3. The summed E-state index contributed by atoms with van der Waals surface area (Å²) in [4.78, 5) is 41.6. The minimum atomic E-state index is -0.300. The van der Waals surface area contributed by atoms with E-state index < -0.39 is 0 Å². The summed E-state index contributed by atoms with van der Waals surface area (Å²) < 4.78 is 0. The molecule has 8 heteroatoms. The van der Waals surface area contributed by atoms with Crippen LogP contribution in [0.1, 0.15) is 57.0 Å². The Balaban J connectivity index is 1.23. The van der Waals surface area contributed by atoms with E-state index in [1.54, 1.807) is 0 Å². The Labute approximate surface area is 252 Å². The predicted octanol–water partition coefficient (Wildman–Crippen LogP) is 6.93. The minimum Gasteiger partial charge on any atom is -0.355 e. The summed E-state index contributed by atoms with van der Waals surface area (Å²) in [5, 5.41) is 3.89. The summed E-state index contributed by atoms with van der Waals surface area (Å²) in [7, 11) is 0. The van der Waals surface area contributed by atoms with E-state index in [-0.39, 0.29) is 23.9 Å². The first-order chi connectivity index (χ1) is 20.9. The van der Waals surface area contributed by atoms with E-state index in [0.29, 0.717) is 0 Å². The maximum atomic E-state index is 14.1. The van der Waals surface area contributed by atoms with E-state index in [4.69, 9.17) is 4.98 Å². The van der Waals surface area contributed by atoms with Gasteiger partial charge in [0.15, 0.2) is 0 Å². The molecule has 5 aromatic rings. The molecule has 6 rings (SSSR count). The van der Waals surface area contributed by atoms with Gasteiger partial charge in [0.25, 0.3) is 0 Å². The fraction of sp³-hybridized carbons (Fsp3) is 0.286. The molecule has 0 saturated carbocycles. The molecule has 8 nitrogen and oxygen atoms in total. The highest BCUT2D eigenvalue weighted by molar-refractivity contribution is 5.91. The lowest BCUT2D eigenvalue weighted by Gasteiger charge is -2.34. The maximum absolute atomic E-state index is 14.1. The van der Waals surface area contributed by atoms with Gasteiger partial charge in [-0.15, -0.1) is 0 Å². The molecule has 1 aliphatic heterocycles. The zero-order valence-corrected chi connectivity index (χ0v) is 24.9. The zero-order valence-electron chi connectivity index (χ0n) is 24.9. The summed E-state index contributed by atoms with van der Waals surface area (Å²) >= 11 is 0. The van der Waals surface area contributed by atoms with Crippen LogP contribution in [0.4, 0.5) is 5.69 Å². The summed E-state index contributed by atoms with van der Waals surface area (Å²) in [6, 6.07) is 26.0. The van der Waals surface area contributed by atoms with Gasteiger partial charge in [0.05, 0.1) is 17.9 Å². The number of nitrogens with one attached hydrogen (secondary N) is 3. The Kier molecular flexibility index (Phi) is 8.11. The second kappa shape index (κ2) is 12.3. The number of benzene rings is 3. The van der Waals surface area contributed by atoms with Crippen molar-refractivity contribution >= 4 is 28.4 Å². The smallest absolute Gasteiger partial charge is 0.245 e. The number of rotatable bonds is 9. The van der Waals surface area contributed by atoms with Gasteiger partial charge in [0.1, 0.15) is 11.9 Å². The molecule has 3 heterocycles. The van der Waals surface area contributed by atoms with Crippen molar-refractivity contribution in [3.05, 3.63) is 96.3 Å². The van der Waals surface area contributed by atoms with Crippen LogP contribution in [-0.4, -0.2) is 56.2 Å². The van der Waals surface area contributed by atoms with Crippen molar-refractivity contribution in [1.82, 2.24) is 24.8 Å². The van der Waals surface area contributed by atoms with Gasteiger partial charge in [0.2, 0.25) is 11.8 Å². The lowest BCUT2D eigenvalue weighted by molar-refractivity contribution is -0.138. The number of fused-ring (bicyclic) bond motifs is 1. The first-order valence-electron chi connectivity index (χ1n) is 15.1. The lowest BCUT2D eigenvalue weighted by atomic mass is 10.0. The standard InChI is InChI=1S/C35H38N6O2/c1-4-40(5-2)33(25-10-7-6-8-11-25)35(43)41-19-9-12-32(41)31-22-36-34(39-31)26-15-18-29-27(20-26)21-30(38-29)24-13-16-28(17-14-24)37-23(3)42/h6-8,10-11,13-18,20-22,32-33,38H,4-5,9,12,19H2,1-3H3,(H,36,39)(H,37,42)/t32-,33+/m0/s1. The van der Waals surface area contributed by atoms with Crippen molar-refractivity contribution in [2.75, 3.05) is 25.0 Å². The quantitative estimate of drug-likeness (QED) is 0.178. The SMILES string of the molecule is CCN(CC)[C@@H](C(=O)N1CCC[C@H]1c1cnc(-c2ccc3[nH]c(-c4ccc(NC(C)=O)cc4)cc3c2)[nH]1)c1ccccc1. The Hall–Kier alpha value is -4.69. The molecule has 0 radical (unpaired) electrons. The third-order valence-electron chi connectivity index (χ3n) is 8.43. The molecule has 43 heavy (non-hydrogen) atoms. The van der Waals surface area contributed by atoms with Crippen molar-refractivity contribution in [2.24, 2.45) is 0 Å². The van der Waals surface area contributed by atoms with Gasteiger partial charge in [-0.1, -0.05) is 56.3 Å². The number of aromatic amines is 2. The molecule has 3 N–H and O–H groups in total. The number of anilines is 1. The van der Waals surface area contributed by atoms with Crippen molar-refractivity contribution < 1.29 is 9.59 Å². The van der Waals surface area contributed by atoms with Crippen LogP contribution in [-0.2, 0) is 9.59 Å². The first kappa shape index (κ1) is 28.4. The molecule has 2 aromatic heterocycles. The highest BCUT2D eigenvalue weighted by Crippen LogP contribution is 2.36. The molecule has 0 aliphatic carbocycles. The highest BCUT2D eigenvalue weighted by Gasteiger charge is 2.37. The van der Waals surface area contributed by atoms with Gasteiger partial charge in [-0.3, -0.25) is 14.5 Å². The molecular formula is C35H38N6O2. The van der Waals surface area contributed by atoms with Crippen LogP contribution < -0.4 is 5.32 Å². The molecular weight excluding hydrogens is 536 g/mol. The van der Waals surface area contributed by atoms with Gasteiger partial charge in [-0.25, -0.2) is 4.98 Å². The van der Waals surface area contributed by atoms with E-state index in [2.05, 4.69) is 70.4 Å². The number of imidazole rings is 1. The van der Waals surface area contributed by atoms with Crippen molar-refractivity contribution in [3.8, 4) is 22.6 Å². The van der Waals surface area contributed by atoms with E-state index in [1.165, 1.54) is 6.92 Å². The number of carbonyl (C=O) groups excluding carboxylic acids is 2. The molecule has 3 aromatic carbocycles. The molecule has 0 bridgehead atoms. The molecule has 220 valence electrons. The summed E-state index contributed by atoms with van der Waals surface area (Å²) in [6.45, 7) is 8.09. The van der Waals surface area contributed by atoms with Crippen molar-refractivity contribution in [1.29, 1.82) is 0 Å². The van der Waals surface area contributed by atoms with Crippen molar-refractivity contribution in [3.63, 3.8) is 0 Å². The number of nitrogens with zero attached hydrogens (tertiary/aromatic N) is 3. The topological polar surface area (TPSA) is 97.1 Å². The normalized spacial score (nSPS) is 15.7. The molecule has 0 unspecified atom stereocenters. The number of H-pyrrole nitrogens is 2. The van der Waals surface area contributed by atoms with Crippen LogP contribution in [0.5, 0.6) is 0 Å². The summed E-state index contributed by atoms with van der Waals surface area (Å²) in [5.74, 6) is 0.858. The first-order valence-corrected chi connectivity index (χ1v) is 15.1. The molecule has 2 amide bonds. The van der Waals surface area contributed by atoms with Crippen molar-refractivity contribution in [2.45, 2.75) is 45.7 Å². The Morgan fingerprint density at radius 3 is 2.44 bits per heavy atom. The third kappa shape index (κ3) is 5.83. The van der Waals surface area contributed by atoms with Crippen LogP contribution in [0.25, 0.3) is 33.5 Å². The maximum Gasteiger partial charge on any atom is 0.245 e. The monoisotopic (exact) mass is 574 g/mol. The predicted molar refractivity (Wildman–Crippen MR) is 171 cm³/mol. The van der Waals surface area contributed by atoms with E-state index in [9.17, 15) is 9.59 Å². The number of aromatic nitrogens is 3. The molecule has 0 spiro atoms. The van der Waals surface area contributed by atoms with Crippen LogP contribution in [0, 0.1) is 0 Å². The second-order valence-electron chi connectivity index (χ2n) is 11.2. The highest BCUT2D eigenvalue weighted by atomic mass is 16.2. The average molecular weight is 575 g/mol. The van der Waals surface area contributed by atoms with Gasteiger partial charge in [0, 0.05) is 41.3 Å². The number of amides is 2. The average Bonchev–Trinajstić information content (AvgIpc) is 3.79. The fourth-order valence-corrected chi connectivity index (χ4v) is 6.27. The van der Waals surface area contributed by atoms with Crippen LogP contribution in [0.15, 0.2) is 85.1 Å².